The molecule has 1 fully saturated rings. The van der Waals surface area contributed by atoms with E-state index >= 15 is 0 Å². The Kier molecular flexibility index (Phi) is 5.70. The summed E-state index contributed by atoms with van der Waals surface area (Å²) in [5.74, 6) is 1.39. The predicted molar refractivity (Wildman–Crippen MR) is 95.6 cm³/mol. The number of benzene rings is 1. The smallest absolute Gasteiger partial charge is 0.241 e. The van der Waals surface area contributed by atoms with E-state index in [1.54, 1.807) is 42.5 Å². The van der Waals surface area contributed by atoms with Gasteiger partial charge < -0.3 is 14.1 Å². The summed E-state index contributed by atoms with van der Waals surface area (Å²) in [5, 5.41) is 0. The number of hydrazine groups is 1. The third kappa shape index (κ3) is 4.50. The molecule has 138 valence electrons. The molecule has 2 N–H and O–H groups in total. The molecule has 1 aromatic carbocycles. The Morgan fingerprint density at radius 1 is 1.27 bits per heavy atom. The average Bonchev–Trinajstić information content (AvgIpc) is 3.31. The van der Waals surface area contributed by atoms with Crippen LogP contribution in [-0.4, -0.2) is 42.3 Å². The highest BCUT2D eigenvalue weighted by atomic mass is 16.5. The number of Topliss-reactive ketones (excluding diaryl/α,β-unsaturated/α-hetero) is 1. The third-order valence-electron chi connectivity index (χ3n) is 4.32. The molecule has 1 aliphatic heterocycles. The molecule has 2 unspecified atom stereocenters. The second-order valence-electron chi connectivity index (χ2n) is 6.44. The van der Waals surface area contributed by atoms with Crippen LogP contribution < -0.4 is 15.6 Å². The number of carbonyl (C=O) groups is 2. The normalized spacial score (nSPS) is 19.3. The van der Waals surface area contributed by atoms with Gasteiger partial charge in [0.05, 0.1) is 18.8 Å². The Labute approximate surface area is 152 Å². The van der Waals surface area contributed by atoms with E-state index in [0.717, 1.165) is 5.76 Å². The fourth-order valence-corrected chi connectivity index (χ4v) is 2.88. The summed E-state index contributed by atoms with van der Waals surface area (Å²) < 4.78 is 11.0. The van der Waals surface area contributed by atoms with Crippen molar-refractivity contribution in [3.8, 4) is 5.75 Å². The van der Waals surface area contributed by atoms with Crippen molar-refractivity contribution >= 4 is 11.7 Å². The molecule has 1 saturated heterocycles. The summed E-state index contributed by atoms with van der Waals surface area (Å²) in [6.45, 7) is 2.36. The van der Waals surface area contributed by atoms with E-state index in [0.29, 0.717) is 30.9 Å². The van der Waals surface area contributed by atoms with Crippen molar-refractivity contribution in [3.63, 3.8) is 0 Å². The zero-order chi connectivity index (χ0) is 18.5. The molecule has 0 saturated carbocycles. The quantitative estimate of drug-likeness (QED) is 0.735. The topological polar surface area (TPSA) is 83.8 Å². The van der Waals surface area contributed by atoms with Gasteiger partial charge in [0.25, 0.3) is 0 Å². The summed E-state index contributed by atoms with van der Waals surface area (Å²) in [5.41, 5.74) is 6.74. The number of amides is 1. The molecule has 0 bridgehead atoms. The standard InChI is InChI=1S/C19H23N3O4/c1-13(23)14-5-3-6-16(9-14)26-12-15-10-18(21-20-15)19(24)22(2)11-17-7-4-8-25-17/h3-9,15,18,20-21H,10-12H2,1-2H3. The first-order valence-electron chi connectivity index (χ1n) is 8.55. The molecule has 7 heteroatoms. The lowest BCUT2D eigenvalue weighted by Gasteiger charge is -2.19. The molecule has 3 rings (SSSR count). The zero-order valence-corrected chi connectivity index (χ0v) is 14.9. The molecule has 2 heterocycles. The number of ketones is 1. The number of rotatable bonds is 7. The van der Waals surface area contributed by atoms with Gasteiger partial charge in [-0.1, -0.05) is 12.1 Å². The third-order valence-corrected chi connectivity index (χ3v) is 4.32. The zero-order valence-electron chi connectivity index (χ0n) is 14.9. The van der Waals surface area contributed by atoms with Gasteiger partial charge >= 0.3 is 0 Å². The van der Waals surface area contributed by atoms with Crippen molar-refractivity contribution in [2.75, 3.05) is 13.7 Å². The monoisotopic (exact) mass is 357 g/mol. The van der Waals surface area contributed by atoms with Gasteiger partial charge in [-0.25, -0.2) is 5.43 Å². The van der Waals surface area contributed by atoms with E-state index in [2.05, 4.69) is 10.9 Å². The van der Waals surface area contributed by atoms with Crippen molar-refractivity contribution in [2.24, 2.45) is 0 Å². The van der Waals surface area contributed by atoms with E-state index < -0.39 is 0 Å². The number of nitrogens with zero attached hydrogens (tertiary/aromatic N) is 1. The summed E-state index contributed by atoms with van der Waals surface area (Å²) in [4.78, 5) is 25.6. The molecule has 7 nitrogen and oxygen atoms in total. The highest BCUT2D eigenvalue weighted by Crippen LogP contribution is 2.16. The molecule has 1 aromatic heterocycles. The highest BCUT2D eigenvalue weighted by Gasteiger charge is 2.31. The van der Waals surface area contributed by atoms with Gasteiger partial charge in [-0.15, -0.1) is 0 Å². The van der Waals surface area contributed by atoms with E-state index in [9.17, 15) is 9.59 Å². The van der Waals surface area contributed by atoms with Crippen LogP contribution in [0.3, 0.4) is 0 Å². The SMILES string of the molecule is CC(=O)c1cccc(OCC2CC(C(=O)N(C)Cc3ccco3)NN2)c1. The molecule has 0 radical (unpaired) electrons. The van der Waals surface area contributed by atoms with Gasteiger partial charge in [0.15, 0.2) is 5.78 Å². The first-order chi connectivity index (χ1) is 12.5. The van der Waals surface area contributed by atoms with E-state index in [1.807, 2.05) is 12.1 Å². The largest absolute Gasteiger partial charge is 0.492 e. The number of nitrogens with one attached hydrogen (secondary N) is 2. The Bertz CT molecular complexity index is 760. The van der Waals surface area contributed by atoms with Crippen molar-refractivity contribution in [1.82, 2.24) is 15.8 Å². The number of furan rings is 1. The molecule has 0 spiro atoms. The predicted octanol–water partition coefficient (Wildman–Crippen LogP) is 1.75. The number of ether oxygens (including phenoxy) is 1. The second kappa shape index (κ2) is 8.16. The maximum atomic E-state index is 12.5. The van der Waals surface area contributed by atoms with Crippen LogP contribution in [0.15, 0.2) is 47.1 Å². The molecule has 1 amide bonds. The minimum Gasteiger partial charge on any atom is -0.492 e. The van der Waals surface area contributed by atoms with Crippen molar-refractivity contribution in [3.05, 3.63) is 54.0 Å². The fraction of sp³-hybridized carbons (Fsp3) is 0.368. The van der Waals surface area contributed by atoms with Crippen molar-refractivity contribution in [2.45, 2.75) is 32.0 Å². The Balaban J connectivity index is 1.48. The number of carbonyl (C=O) groups excluding carboxylic acids is 2. The molecule has 2 atom stereocenters. The van der Waals surface area contributed by atoms with Crippen LogP contribution in [0.2, 0.25) is 0 Å². The molecule has 26 heavy (non-hydrogen) atoms. The molecule has 1 aliphatic rings. The van der Waals surface area contributed by atoms with Crippen molar-refractivity contribution in [1.29, 1.82) is 0 Å². The number of hydrogen-bond acceptors (Lipinski definition) is 6. The van der Waals surface area contributed by atoms with Gasteiger partial charge in [-0.2, -0.15) is 0 Å². The lowest BCUT2D eigenvalue weighted by Crippen LogP contribution is -2.44. The van der Waals surface area contributed by atoms with Crippen LogP contribution in [0.25, 0.3) is 0 Å². The van der Waals surface area contributed by atoms with Gasteiger partial charge in [0, 0.05) is 12.6 Å². The average molecular weight is 357 g/mol. The van der Waals surface area contributed by atoms with Crippen LogP contribution in [-0.2, 0) is 11.3 Å². The Morgan fingerprint density at radius 2 is 2.12 bits per heavy atom. The first kappa shape index (κ1) is 18.2. The van der Waals surface area contributed by atoms with Crippen LogP contribution in [0.4, 0.5) is 0 Å². The lowest BCUT2D eigenvalue weighted by atomic mass is 10.1. The van der Waals surface area contributed by atoms with Gasteiger partial charge in [0.2, 0.25) is 5.91 Å². The van der Waals surface area contributed by atoms with Crippen LogP contribution >= 0.6 is 0 Å². The summed E-state index contributed by atoms with van der Waals surface area (Å²) in [7, 11) is 1.75. The van der Waals surface area contributed by atoms with E-state index in [4.69, 9.17) is 9.15 Å². The van der Waals surface area contributed by atoms with Crippen LogP contribution in [0.5, 0.6) is 5.75 Å². The number of hydrogen-bond donors (Lipinski definition) is 2. The minimum atomic E-state index is -0.313. The first-order valence-corrected chi connectivity index (χ1v) is 8.55. The van der Waals surface area contributed by atoms with Crippen LogP contribution in [0.1, 0.15) is 29.5 Å². The van der Waals surface area contributed by atoms with Gasteiger partial charge in [0.1, 0.15) is 24.2 Å². The Morgan fingerprint density at radius 3 is 2.85 bits per heavy atom. The molecule has 0 aliphatic carbocycles. The van der Waals surface area contributed by atoms with Crippen molar-refractivity contribution < 1.29 is 18.7 Å². The highest BCUT2D eigenvalue weighted by molar-refractivity contribution is 5.94. The summed E-state index contributed by atoms with van der Waals surface area (Å²) >= 11 is 0. The van der Waals surface area contributed by atoms with E-state index in [1.165, 1.54) is 6.92 Å². The lowest BCUT2D eigenvalue weighted by molar-refractivity contribution is -0.132. The van der Waals surface area contributed by atoms with Gasteiger partial charge in [-0.3, -0.25) is 15.0 Å². The fourth-order valence-electron chi connectivity index (χ4n) is 2.88. The van der Waals surface area contributed by atoms with Crippen LogP contribution in [0, 0.1) is 0 Å². The minimum absolute atomic E-state index is 0.00126. The molecular formula is C19H23N3O4. The molecular weight excluding hydrogens is 334 g/mol. The van der Waals surface area contributed by atoms with E-state index in [-0.39, 0.29) is 23.8 Å². The number of likely N-dealkylation sites (N-methyl/N-ethyl adjacent to an activating group) is 1. The Hall–Kier alpha value is -2.64. The summed E-state index contributed by atoms with van der Waals surface area (Å²) in [6.07, 6.45) is 2.21. The summed E-state index contributed by atoms with van der Waals surface area (Å²) in [6, 6.07) is 10.4. The van der Waals surface area contributed by atoms with Gasteiger partial charge in [-0.05, 0) is 37.6 Å². The second-order valence-corrected chi connectivity index (χ2v) is 6.44. The maximum absolute atomic E-state index is 12.5. The molecule has 2 aromatic rings. The maximum Gasteiger partial charge on any atom is 0.241 e.